The van der Waals surface area contributed by atoms with Crippen LogP contribution in [-0.2, 0) is 0 Å². The van der Waals surface area contributed by atoms with Gasteiger partial charge in [0, 0.05) is 44.0 Å². The summed E-state index contributed by atoms with van der Waals surface area (Å²) < 4.78 is 0. The molecule has 0 radical (unpaired) electrons. The number of H-pyrrole nitrogens is 1. The van der Waals surface area contributed by atoms with Crippen molar-refractivity contribution in [1.82, 2.24) is 30.5 Å². The monoisotopic (exact) mass is 370 g/mol. The van der Waals surface area contributed by atoms with Crippen molar-refractivity contribution in [2.45, 2.75) is 58.5 Å². The van der Waals surface area contributed by atoms with Crippen molar-refractivity contribution in [1.29, 1.82) is 0 Å². The zero-order chi connectivity index (χ0) is 18.8. The third kappa shape index (κ3) is 4.21. The Kier molecular flexibility index (Phi) is 5.24. The van der Waals surface area contributed by atoms with E-state index in [4.69, 9.17) is 4.98 Å². The predicted molar refractivity (Wildman–Crippen MR) is 106 cm³/mol. The average molecular weight is 371 g/mol. The number of hydrogen-bond acceptors (Lipinski definition) is 7. The van der Waals surface area contributed by atoms with Gasteiger partial charge in [0.25, 0.3) is 0 Å². The molecule has 1 unspecified atom stereocenters. The fourth-order valence-electron chi connectivity index (χ4n) is 4.01. The molecule has 8 nitrogen and oxygen atoms in total. The molecular formula is C19H30N8. The van der Waals surface area contributed by atoms with Gasteiger partial charge in [0.1, 0.15) is 11.6 Å². The van der Waals surface area contributed by atoms with Crippen molar-refractivity contribution >= 4 is 11.8 Å². The number of hydrogen-bond donors (Lipinski definition) is 2. The largest absolute Gasteiger partial charge is 0.356 e. The molecule has 146 valence electrons. The van der Waals surface area contributed by atoms with Crippen LogP contribution in [0.4, 0.5) is 11.8 Å². The highest BCUT2D eigenvalue weighted by molar-refractivity contribution is 5.46. The minimum Gasteiger partial charge on any atom is -0.356 e. The summed E-state index contributed by atoms with van der Waals surface area (Å²) in [5.74, 6) is 3.68. The molecule has 0 aliphatic carbocycles. The maximum absolute atomic E-state index is 4.87. The molecule has 0 bridgehead atoms. The van der Waals surface area contributed by atoms with Gasteiger partial charge in [-0.15, -0.1) is 0 Å². The zero-order valence-corrected chi connectivity index (χ0v) is 16.6. The van der Waals surface area contributed by atoms with Gasteiger partial charge in [-0.1, -0.05) is 0 Å². The van der Waals surface area contributed by atoms with E-state index >= 15 is 0 Å². The van der Waals surface area contributed by atoms with Crippen molar-refractivity contribution in [2.75, 3.05) is 36.0 Å². The van der Waals surface area contributed by atoms with Crippen LogP contribution in [0.2, 0.25) is 0 Å². The van der Waals surface area contributed by atoms with E-state index in [-0.39, 0.29) is 6.04 Å². The molecule has 2 N–H and O–H groups in total. The van der Waals surface area contributed by atoms with Crippen LogP contribution >= 0.6 is 0 Å². The molecule has 4 rings (SSSR count). The van der Waals surface area contributed by atoms with Crippen molar-refractivity contribution in [3.05, 3.63) is 23.4 Å². The molecule has 2 aliphatic rings. The van der Waals surface area contributed by atoms with Crippen LogP contribution in [0.3, 0.4) is 0 Å². The van der Waals surface area contributed by atoms with E-state index in [9.17, 15) is 0 Å². The Balaban J connectivity index is 1.36. The van der Waals surface area contributed by atoms with E-state index in [0.29, 0.717) is 6.04 Å². The average Bonchev–Trinajstić information content (AvgIpc) is 3.33. The fourth-order valence-corrected chi connectivity index (χ4v) is 4.01. The quantitative estimate of drug-likeness (QED) is 0.834. The van der Waals surface area contributed by atoms with Gasteiger partial charge < -0.3 is 15.1 Å². The SMILES string of the molecule is Cc1cc(N2CCC(NC(C)c3n[nH]c(C)n3)CC2)nc(N2CCCC2)n1. The maximum Gasteiger partial charge on any atom is 0.227 e. The van der Waals surface area contributed by atoms with Gasteiger partial charge in [-0.05, 0) is 46.5 Å². The number of rotatable bonds is 5. The second-order valence-corrected chi connectivity index (χ2v) is 7.79. The standard InChI is InChI=1S/C19H30N8/c1-13-12-17(23-19(20-13)27-8-4-5-9-27)26-10-6-16(7-11-26)21-14(2)18-22-15(3)24-25-18/h12,14,16,21H,4-11H2,1-3H3,(H,22,24,25). The van der Waals surface area contributed by atoms with Crippen LogP contribution in [-0.4, -0.2) is 57.4 Å². The first-order chi connectivity index (χ1) is 13.1. The lowest BCUT2D eigenvalue weighted by atomic mass is 10.0. The Labute approximate surface area is 160 Å². The highest BCUT2D eigenvalue weighted by atomic mass is 15.3. The van der Waals surface area contributed by atoms with Gasteiger partial charge in [0.15, 0.2) is 5.82 Å². The van der Waals surface area contributed by atoms with E-state index < -0.39 is 0 Å². The summed E-state index contributed by atoms with van der Waals surface area (Å²) in [7, 11) is 0. The number of nitrogens with one attached hydrogen (secondary N) is 2. The Bertz CT molecular complexity index is 759. The number of aromatic nitrogens is 5. The van der Waals surface area contributed by atoms with Crippen LogP contribution in [0, 0.1) is 13.8 Å². The number of aryl methyl sites for hydroxylation is 2. The molecule has 2 aliphatic heterocycles. The summed E-state index contributed by atoms with van der Waals surface area (Å²) in [6.45, 7) is 10.3. The molecule has 0 spiro atoms. The Morgan fingerprint density at radius 1 is 1.04 bits per heavy atom. The first-order valence-electron chi connectivity index (χ1n) is 10.1. The first-order valence-corrected chi connectivity index (χ1v) is 10.1. The predicted octanol–water partition coefficient (Wildman–Crippen LogP) is 2.13. The van der Waals surface area contributed by atoms with E-state index in [1.54, 1.807) is 0 Å². The molecule has 27 heavy (non-hydrogen) atoms. The highest BCUT2D eigenvalue weighted by Gasteiger charge is 2.24. The molecule has 2 aromatic heterocycles. The summed E-state index contributed by atoms with van der Waals surface area (Å²) in [6, 6.07) is 2.76. The third-order valence-corrected chi connectivity index (χ3v) is 5.52. The lowest BCUT2D eigenvalue weighted by molar-refractivity contribution is 0.373. The van der Waals surface area contributed by atoms with E-state index in [1.165, 1.54) is 12.8 Å². The summed E-state index contributed by atoms with van der Waals surface area (Å²) in [5, 5.41) is 10.9. The van der Waals surface area contributed by atoms with Gasteiger partial charge >= 0.3 is 0 Å². The highest BCUT2D eigenvalue weighted by Crippen LogP contribution is 2.24. The van der Waals surface area contributed by atoms with Crippen LogP contribution in [0.5, 0.6) is 0 Å². The molecule has 1 atom stereocenters. The first kappa shape index (κ1) is 18.2. The molecule has 2 saturated heterocycles. The summed E-state index contributed by atoms with van der Waals surface area (Å²) in [5.41, 5.74) is 1.05. The molecule has 0 aromatic carbocycles. The second kappa shape index (κ2) is 7.80. The van der Waals surface area contributed by atoms with Gasteiger partial charge in [-0.3, -0.25) is 5.10 Å². The van der Waals surface area contributed by atoms with Gasteiger partial charge in [-0.2, -0.15) is 10.1 Å². The van der Waals surface area contributed by atoms with Crippen LogP contribution in [0.1, 0.15) is 56.0 Å². The summed E-state index contributed by atoms with van der Waals surface area (Å²) in [6.07, 6.45) is 4.67. The molecule has 8 heteroatoms. The van der Waals surface area contributed by atoms with Crippen molar-refractivity contribution in [2.24, 2.45) is 0 Å². The summed E-state index contributed by atoms with van der Waals surface area (Å²) in [4.78, 5) is 18.7. The third-order valence-electron chi connectivity index (χ3n) is 5.52. The van der Waals surface area contributed by atoms with Gasteiger partial charge in [-0.25, -0.2) is 9.97 Å². The number of anilines is 2. The van der Waals surface area contributed by atoms with Crippen molar-refractivity contribution < 1.29 is 0 Å². The summed E-state index contributed by atoms with van der Waals surface area (Å²) >= 11 is 0. The fraction of sp³-hybridized carbons (Fsp3) is 0.684. The molecule has 0 amide bonds. The van der Waals surface area contributed by atoms with Gasteiger partial charge in [0.2, 0.25) is 5.95 Å². The normalized spacial score (nSPS) is 19.7. The topological polar surface area (TPSA) is 85.9 Å². The zero-order valence-electron chi connectivity index (χ0n) is 16.6. The lowest BCUT2D eigenvalue weighted by Gasteiger charge is -2.34. The van der Waals surface area contributed by atoms with Crippen LogP contribution in [0.15, 0.2) is 6.07 Å². The van der Waals surface area contributed by atoms with Crippen LogP contribution < -0.4 is 15.1 Å². The van der Waals surface area contributed by atoms with E-state index in [1.807, 2.05) is 6.92 Å². The second-order valence-electron chi connectivity index (χ2n) is 7.79. The van der Waals surface area contributed by atoms with Crippen LogP contribution in [0.25, 0.3) is 0 Å². The minimum atomic E-state index is 0.162. The van der Waals surface area contributed by atoms with E-state index in [2.05, 4.69) is 55.2 Å². The van der Waals surface area contributed by atoms with Crippen molar-refractivity contribution in [3.63, 3.8) is 0 Å². The number of piperidine rings is 1. The van der Waals surface area contributed by atoms with E-state index in [0.717, 1.165) is 68.1 Å². The van der Waals surface area contributed by atoms with Gasteiger partial charge in [0.05, 0.1) is 6.04 Å². The lowest BCUT2D eigenvalue weighted by Crippen LogP contribution is -2.44. The molecule has 2 aromatic rings. The maximum atomic E-state index is 4.87. The Morgan fingerprint density at radius 3 is 2.44 bits per heavy atom. The Hall–Kier alpha value is -2.22. The Morgan fingerprint density at radius 2 is 1.78 bits per heavy atom. The number of aromatic amines is 1. The molecule has 2 fully saturated rings. The molecule has 4 heterocycles. The van der Waals surface area contributed by atoms with Crippen molar-refractivity contribution in [3.8, 4) is 0 Å². The molecule has 0 saturated carbocycles. The number of nitrogens with zero attached hydrogens (tertiary/aromatic N) is 6. The molecular weight excluding hydrogens is 340 g/mol. The smallest absolute Gasteiger partial charge is 0.227 e. The minimum absolute atomic E-state index is 0.162.